The summed E-state index contributed by atoms with van der Waals surface area (Å²) in [6, 6.07) is 1.83. The molecule has 1 aliphatic rings. The third-order valence-corrected chi connectivity index (χ3v) is 6.11. The fourth-order valence-corrected chi connectivity index (χ4v) is 4.11. The maximum absolute atomic E-state index is 9.70. The summed E-state index contributed by atoms with van der Waals surface area (Å²) in [5.74, 6) is 2.04. The predicted molar refractivity (Wildman–Crippen MR) is 126 cm³/mol. The Hall–Kier alpha value is -2.91. The summed E-state index contributed by atoms with van der Waals surface area (Å²) in [5.41, 5.74) is 9.00. The van der Waals surface area contributed by atoms with Crippen LogP contribution < -0.4 is 11.1 Å². The van der Waals surface area contributed by atoms with Crippen molar-refractivity contribution < 1.29 is 5.11 Å². The number of aliphatic hydroxyl groups excluding tert-OH is 1. The van der Waals surface area contributed by atoms with E-state index in [4.69, 9.17) is 5.73 Å². The predicted octanol–water partition coefficient (Wildman–Crippen LogP) is 2.84. The van der Waals surface area contributed by atoms with Crippen molar-refractivity contribution in [3.8, 4) is 11.1 Å². The first-order valence-corrected chi connectivity index (χ1v) is 11.4. The normalized spacial score (nSPS) is 16.3. The van der Waals surface area contributed by atoms with E-state index in [0.717, 1.165) is 62.1 Å². The number of likely N-dealkylation sites (tertiary alicyclic amines) is 1. The quantitative estimate of drug-likeness (QED) is 0.488. The van der Waals surface area contributed by atoms with Gasteiger partial charge in [0.15, 0.2) is 5.82 Å². The van der Waals surface area contributed by atoms with Gasteiger partial charge in [0.1, 0.15) is 11.3 Å². The second-order valence-electron chi connectivity index (χ2n) is 8.60. The number of piperidine rings is 1. The first kappa shape index (κ1) is 22.3. The lowest BCUT2D eigenvalue weighted by Crippen LogP contribution is -2.29. The molecule has 3 aromatic heterocycles. The Kier molecular flexibility index (Phi) is 7.06. The molecule has 0 aliphatic carbocycles. The van der Waals surface area contributed by atoms with Crippen molar-refractivity contribution in [1.82, 2.24) is 29.8 Å². The van der Waals surface area contributed by atoms with Gasteiger partial charge in [-0.15, -0.1) is 0 Å². The van der Waals surface area contributed by atoms with Gasteiger partial charge in [-0.1, -0.05) is 19.8 Å². The summed E-state index contributed by atoms with van der Waals surface area (Å²) in [6.45, 7) is 4.30. The third kappa shape index (κ3) is 5.11. The van der Waals surface area contributed by atoms with Crippen LogP contribution in [0.25, 0.3) is 22.2 Å². The number of nitrogens with one attached hydrogen (secondary N) is 1. The molecule has 9 nitrogen and oxygen atoms in total. The number of unbranched alkanes of at least 4 members (excludes halogenated alkanes) is 1. The molecular formula is C23H32N8O. The molecule has 1 atom stereocenters. The Bertz CT molecular complexity index is 1030. The van der Waals surface area contributed by atoms with Gasteiger partial charge in [0, 0.05) is 35.6 Å². The molecule has 1 saturated heterocycles. The Balaban J connectivity index is 1.57. The lowest BCUT2D eigenvalue weighted by atomic mass is 9.96. The van der Waals surface area contributed by atoms with Crippen molar-refractivity contribution in [3.63, 3.8) is 0 Å². The Morgan fingerprint density at radius 3 is 2.53 bits per heavy atom. The second kappa shape index (κ2) is 10.1. The van der Waals surface area contributed by atoms with E-state index in [1.807, 2.05) is 18.5 Å². The number of aromatic nitrogens is 5. The molecule has 0 radical (unpaired) electrons. The van der Waals surface area contributed by atoms with E-state index < -0.39 is 0 Å². The van der Waals surface area contributed by atoms with Crippen LogP contribution >= 0.6 is 0 Å². The van der Waals surface area contributed by atoms with Crippen LogP contribution in [0.3, 0.4) is 0 Å². The number of nitrogen functional groups attached to an aromatic ring is 1. The summed E-state index contributed by atoms with van der Waals surface area (Å²) in [4.78, 5) is 24.9. The number of nitrogens with zero attached hydrogens (tertiary/aromatic N) is 6. The van der Waals surface area contributed by atoms with E-state index >= 15 is 0 Å². The monoisotopic (exact) mass is 436 g/mol. The molecule has 0 amide bonds. The molecule has 1 unspecified atom stereocenters. The van der Waals surface area contributed by atoms with E-state index in [9.17, 15) is 5.11 Å². The molecule has 170 valence electrons. The van der Waals surface area contributed by atoms with Crippen molar-refractivity contribution in [2.75, 3.05) is 37.8 Å². The van der Waals surface area contributed by atoms with Gasteiger partial charge in [-0.05, 0) is 45.5 Å². The van der Waals surface area contributed by atoms with Crippen LogP contribution in [0, 0.1) is 0 Å². The molecule has 0 spiro atoms. The number of nitrogens with two attached hydrogens (primary N) is 1. The Morgan fingerprint density at radius 2 is 1.84 bits per heavy atom. The maximum Gasteiger partial charge on any atom is 0.222 e. The topological polar surface area (TPSA) is 126 Å². The molecule has 1 fully saturated rings. The molecule has 9 heteroatoms. The number of aliphatic hydroxyl groups is 1. The highest BCUT2D eigenvalue weighted by Gasteiger charge is 2.21. The van der Waals surface area contributed by atoms with E-state index in [1.54, 1.807) is 6.20 Å². The van der Waals surface area contributed by atoms with E-state index in [-0.39, 0.29) is 18.6 Å². The van der Waals surface area contributed by atoms with E-state index in [0.29, 0.717) is 22.8 Å². The van der Waals surface area contributed by atoms with Gasteiger partial charge < -0.3 is 21.1 Å². The van der Waals surface area contributed by atoms with Crippen molar-refractivity contribution in [2.45, 2.75) is 51.0 Å². The zero-order valence-electron chi connectivity index (χ0n) is 18.8. The lowest BCUT2D eigenvalue weighted by molar-refractivity contribution is 0.251. The zero-order valence-corrected chi connectivity index (χ0v) is 18.8. The van der Waals surface area contributed by atoms with Crippen LogP contribution in [-0.4, -0.2) is 67.7 Å². The standard InChI is InChI=1S/C23H32N8O/c1-3-4-5-18(14-32)28-22-20-19(29-23(24)30-22)10-16(11-25-20)17-12-26-21(27-13-17)15-6-8-31(2)9-7-15/h10-13,15,18,32H,3-9,14H2,1-2H3,(H3,24,28,29,30). The van der Waals surface area contributed by atoms with Crippen molar-refractivity contribution in [2.24, 2.45) is 0 Å². The summed E-state index contributed by atoms with van der Waals surface area (Å²) < 4.78 is 0. The summed E-state index contributed by atoms with van der Waals surface area (Å²) >= 11 is 0. The summed E-state index contributed by atoms with van der Waals surface area (Å²) in [6.07, 6.45) is 10.6. The van der Waals surface area contributed by atoms with Crippen LogP contribution in [0.5, 0.6) is 0 Å². The summed E-state index contributed by atoms with van der Waals surface area (Å²) in [5, 5.41) is 13.0. The van der Waals surface area contributed by atoms with Gasteiger partial charge in [0.2, 0.25) is 5.95 Å². The molecule has 3 aromatic rings. The van der Waals surface area contributed by atoms with E-state index in [1.165, 1.54) is 0 Å². The minimum absolute atomic E-state index is 0.0183. The number of pyridine rings is 1. The smallest absolute Gasteiger partial charge is 0.222 e. The van der Waals surface area contributed by atoms with Crippen LogP contribution in [0.2, 0.25) is 0 Å². The van der Waals surface area contributed by atoms with Gasteiger partial charge in [0.05, 0.1) is 18.2 Å². The second-order valence-corrected chi connectivity index (χ2v) is 8.60. The summed E-state index contributed by atoms with van der Waals surface area (Å²) in [7, 11) is 2.15. The highest BCUT2D eigenvalue weighted by atomic mass is 16.3. The molecular weight excluding hydrogens is 404 g/mol. The highest BCUT2D eigenvalue weighted by Crippen LogP contribution is 2.28. The minimum Gasteiger partial charge on any atom is -0.394 e. The molecule has 0 saturated carbocycles. The molecule has 4 rings (SSSR count). The van der Waals surface area contributed by atoms with Crippen LogP contribution in [-0.2, 0) is 0 Å². The van der Waals surface area contributed by atoms with Crippen molar-refractivity contribution in [1.29, 1.82) is 0 Å². The third-order valence-electron chi connectivity index (χ3n) is 6.11. The van der Waals surface area contributed by atoms with Crippen LogP contribution in [0.15, 0.2) is 24.7 Å². The number of hydrogen-bond acceptors (Lipinski definition) is 9. The van der Waals surface area contributed by atoms with Gasteiger partial charge in [-0.2, -0.15) is 4.98 Å². The molecule has 0 aromatic carbocycles. The largest absolute Gasteiger partial charge is 0.394 e. The zero-order chi connectivity index (χ0) is 22.5. The number of anilines is 2. The molecule has 0 bridgehead atoms. The lowest BCUT2D eigenvalue weighted by Gasteiger charge is -2.27. The maximum atomic E-state index is 9.70. The SMILES string of the molecule is CCCCC(CO)Nc1nc(N)nc2cc(-c3cnc(C4CCN(C)CC4)nc3)cnc12. The van der Waals surface area contributed by atoms with Crippen molar-refractivity contribution in [3.05, 3.63) is 30.5 Å². The first-order chi connectivity index (χ1) is 15.6. The Morgan fingerprint density at radius 1 is 1.12 bits per heavy atom. The van der Waals surface area contributed by atoms with Gasteiger partial charge in [-0.3, -0.25) is 4.98 Å². The number of rotatable bonds is 8. The fourth-order valence-electron chi connectivity index (χ4n) is 4.11. The van der Waals surface area contributed by atoms with Crippen molar-refractivity contribution >= 4 is 22.8 Å². The first-order valence-electron chi connectivity index (χ1n) is 11.4. The molecule has 4 N–H and O–H groups in total. The average molecular weight is 437 g/mol. The van der Waals surface area contributed by atoms with Crippen LogP contribution in [0.4, 0.5) is 11.8 Å². The number of fused-ring (bicyclic) bond motifs is 1. The Labute approximate surface area is 188 Å². The van der Waals surface area contributed by atoms with Gasteiger partial charge in [-0.25, -0.2) is 15.0 Å². The molecule has 1 aliphatic heterocycles. The fraction of sp³-hybridized carbons (Fsp3) is 0.522. The average Bonchev–Trinajstić information content (AvgIpc) is 2.81. The van der Waals surface area contributed by atoms with Gasteiger partial charge in [0.25, 0.3) is 0 Å². The highest BCUT2D eigenvalue weighted by molar-refractivity contribution is 5.89. The molecule has 4 heterocycles. The van der Waals surface area contributed by atoms with E-state index in [2.05, 4.69) is 49.1 Å². The molecule has 32 heavy (non-hydrogen) atoms. The minimum atomic E-state index is -0.102. The van der Waals surface area contributed by atoms with Gasteiger partial charge >= 0.3 is 0 Å². The van der Waals surface area contributed by atoms with Crippen LogP contribution in [0.1, 0.15) is 50.8 Å². The number of hydrogen-bond donors (Lipinski definition) is 3.